The fraction of sp³-hybridized carbons (Fsp3) is 0.562. The number of hydrogen-bond donors (Lipinski definition) is 1. The zero-order valence-electron chi connectivity index (χ0n) is 13.5. The van der Waals surface area contributed by atoms with Crippen LogP contribution in [0.2, 0.25) is 0 Å². The lowest BCUT2D eigenvalue weighted by molar-refractivity contribution is -0.145. The molecule has 0 amide bonds. The SMILES string of the molecule is COC(=O)[C@@H]1C(=O)c2c([nH]c(C(=O)OC(C)C)c2C)C[C@H]1C. The number of nitrogens with one attached hydrogen (secondary N) is 1. The molecule has 0 saturated heterocycles. The molecular formula is C16H21NO5. The van der Waals surface area contributed by atoms with Crippen molar-refractivity contribution in [2.45, 2.75) is 40.2 Å². The molecule has 6 heteroatoms. The van der Waals surface area contributed by atoms with Crippen LogP contribution in [0, 0.1) is 18.8 Å². The van der Waals surface area contributed by atoms with Crippen LogP contribution in [0.3, 0.4) is 0 Å². The van der Waals surface area contributed by atoms with Crippen molar-refractivity contribution < 1.29 is 23.9 Å². The summed E-state index contributed by atoms with van der Waals surface area (Å²) in [7, 11) is 1.27. The van der Waals surface area contributed by atoms with E-state index in [2.05, 4.69) is 4.98 Å². The lowest BCUT2D eigenvalue weighted by atomic mass is 9.77. The molecule has 22 heavy (non-hydrogen) atoms. The minimum Gasteiger partial charge on any atom is -0.468 e. The van der Waals surface area contributed by atoms with Crippen molar-refractivity contribution in [2.75, 3.05) is 7.11 Å². The molecule has 1 aromatic rings. The number of fused-ring (bicyclic) bond motifs is 1. The third-order valence-electron chi connectivity index (χ3n) is 3.95. The van der Waals surface area contributed by atoms with Crippen LogP contribution >= 0.6 is 0 Å². The Morgan fingerprint density at radius 3 is 2.50 bits per heavy atom. The van der Waals surface area contributed by atoms with Gasteiger partial charge < -0.3 is 14.5 Å². The number of carbonyl (C=O) groups excluding carboxylic acids is 3. The highest BCUT2D eigenvalue weighted by molar-refractivity contribution is 6.12. The molecule has 1 aliphatic carbocycles. The first-order chi connectivity index (χ1) is 10.3. The maximum Gasteiger partial charge on any atom is 0.355 e. The highest BCUT2D eigenvalue weighted by atomic mass is 16.5. The van der Waals surface area contributed by atoms with Crippen LogP contribution in [0.4, 0.5) is 0 Å². The maximum absolute atomic E-state index is 12.6. The number of ether oxygens (including phenoxy) is 2. The number of hydrogen-bond acceptors (Lipinski definition) is 5. The smallest absolute Gasteiger partial charge is 0.355 e. The van der Waals surface area contributed by atoms with Gasteiger partial charge in [-0.25, -0.2) is 4.79 Å². The second kappa shape index (κ2) is 5.94. The van der Waals surface area contributed by atoms with Gasteiger partial charge in [0, 0.05) is 11.3 Å². The number of H-pyrrole nitrogens is 1. The third-order valence-corrected chi connectivity index (χ3v) is 3.95. The van der Waals surface area contributed by atoms with E-state index in [4.69, 9.17) is 9.47 Å². The molecule has 0 bridgehead atoms. The minimum absolute atomic E-state index is 0.181. The summed E-state index contributed by atoms with van der Waals surface area (Å²) in [6.07, 6.45) is 0.265. The highest BCUT2D eigenvalue weighted by Crippen LogP contribution is 2.34. The Labute approximate surface area is 129 Å². The van der Waals surface area contributed by atoms with Gasteiger partial charge in [-0.05, 0) is 38.7 Å². The number of carbonyl (C=O) groups is 3. The molecule has 0 aromatic carbocycles. The number of Topliss-reactive ketones (excluding diaryl/α,β-unsaturated/α-hetero) is 1. The molecular weight excluding hydrogens is 286 g/mol. The van der Waals surface area contributed by atoms with Crippen molar-refractivity contribution >= 4 is 17.7 Å². The van der Waals surface area contributed by atoms with E-state index in [0.717, 1.165) is 0 Å². The number of rotatable bonds is 3. The molecule has 1 heterocycles. The van der Waals surface area contributed by atoms with Crippen LogP contribution in [0.25, 0.3) is 0 Å². The Morgan fingerprint density at radius 2 is 1.95 bits per heavy atom. The Balaban J connectivity index is 2.43. The van der Waals surface area contributed by atoms with Gasteiger partial charge in [-0.2, -0.15) is 0 Å². The predicted octanol–water partition coefficient (Wildman–Crippen LogP) is 2.05. The molecule has 0 saturated carbocycles. The highest BCUT2D eigenvalue weighted by Gasteiger charge is 2.41. The standard InChI is InChI=1S/C16H21NO5/c1-7(2)22-16(20)13-9(4)12-10(17-13)6-8(3)11(14(12)18)15(19)21-5/h7-8,11,17H,6H2,1-5H3/t8-,11+/m1/s1. The summed E-state index contributed by atoms with van der Waals surface area (Å²) < 4.78 is 9.91. The molecule has 0 radical (unpaired) electrons. The molecule has 1 aliphatic rings. The van der Waals surface area contributed by atoms with Crippen LogP contribution in [0.5, 0.6) is 0 Å². The van der Waals surface area contributed by atoms with Crippen molar-refractivity contribution in [1.29, 1.82) is 0 Å². The molecule has 2 atom stereocenters. The molecule has 1 aromatic heterocycles. The summed E-state index contributed by atoms with van der Waals surface area (Å²) in [5.41, 5.74) is 1.92. The van der Waals surface area contributed by atoms with E-state index in [1.54, 1.807) is 20.8 Å². The maximum atomic E-state index is 12.6. The Bertz CT molecular complexity index is 629. The normalized spacial score (nSPS) is 20.7. The average molecular weight is 307 g/mol. The van der Waals surface area contributed by atoms with Crippen molar-refractivity contribution in [2.24, 2.45) is 11.8 Å². The molecule has 1 N–H and O–H groups in total. The van der Waals surface area contributed by atoms with Gasteiger partial charge in [-0.3, -0.25) is 9.59 Å². The average Bonchev–Trinajstić information content (AvgIpc) is 2.74. The molecule has 0 fully saturated rings. The van der Waals surface area contributed by atoms with Crippen molar-refractivity contribution in [3.05, 3.63) is 22.5 Å². The molecule has 6 nitrogen and oxygen atoms in total. The summed E-state index contributed by atoms with van der Waals surface area (Å²) in [4.78, 5) is 39.6. The largest absolute Gasteiger partial charge is 0.468 e. The molecule has 2 rings (SSSR count). The summed E-state index contributed by atoms with van der Waals surface area (Å²) in [6, 6.07) is 0. The Morgan fingerprint density at radius 1 is 1.32 bits per heavy atom. The van der Waals surface area contributed by atoms with Gasteiger partial charge in [-0.15, -0.1) is 0 Å². The zero-order chi connectivity index (χ0) is 16.6. The lowest BCUT2D eigenvalue weighted by Gasteiger charge is -2.25. The first-order valence-corrected chi connectivity index (χ1v) is 7.32. The number of aromatic nitrogens is 1. The van der Waals surface area contributed by atoms with E-state index in [9.17, 15) is 14.4 Å². The second-order valence-corrected chi connectivity index (χ2v) is 5.98. The summed E-state index contributed by atoms with van der Waals surface area (Å²) in [6.45, 7) is 7.03. The van der Waals surface area contributed by atoms with Crippen molar-refractivity contribution in [3.63, 3.8) is 0 Å². The van der Waals surface area contributed by atoms with Gasteiger partial charge in [0.15, 0.2) is 5.78 Å². The number of ketones is 1. The third kappa shape index (κ3) is 2.65. The summed E-state index contributed by atoms with van der Waals surface area (Å²) >= 11 is 0. The van der Waals surface area contributed by atoms with Gasteiger partial charge in [-0.1, -0.05) is 6.92 Å². The van der Waals surface area contributed by atoms with Gasteiger partial charge in [0.2, 0.25) is 0 Å². The fourth-order valence-electron chi connectivity index (χ4n) is 2.94. The van der Waals surface area contributed by atoms with Gasteiger partial charge in [0.05, 0.1) is 13.2 Å². The van der Waals surface area contributed by atoms with E-state index in [0.29, 0.717) is 23.2 Å². The monoisotopic (exact) mass is 307 g/mol. The van der Waals surface area contributed by atoms with Gasteiger partial charge in [0.1, 0.15) is 11.6 Å². The summed E-state index contributed by atoms with van der Waals surface area (Å²) in [5.74, 6) is -2.31. The zero-order valence-corrected chi connectivity index (χ0v) is 13.5. The topological polar surface area (TPSA) is 85.5 Å². The summed E-state index contributed by atoms with van der Waals surface area (Å²) in [5, 5.41) is 0. The van der Waals surface area contributed by atoms with E-state index >= 15 is 0 Å². The van der Waals surface area contributed by atoms with Crippen molar-refractivity contribution in [3.8, 4) is 0 Å². The Kier molecular flexibility index (Phi) is 4.39. The van der Waals surface area contributed by atoms with Gasteiger partial charge in [0.25, 0.3) is 0 Å². The minimum atomic E-state index is -0.819. The van der Waals surface area contributed by atoms with Crippen LogP contribution < -0.4 is 0 Å². The number of esters is 2. The molecule has 120 valence electrons. The first-order valence-electron chi connectivity index (χ1n) is 7.32. The quantitative estimate of drug-likeness (QED) is 0.682. The predicted molar refractivity (Wildman–Crippen MR) is 78.8 cm³/mol. The Hall–Kier alpha value is -2.11. The molecule has 0 aliphatic heterocycles. The van der Waals surface area contributed by atoms with Crippen LogP contribution in [0.15, 0.2) is 0 Å². The van der Waals surface area contributed by atoms with E-state index < -0.39 is 17.9 Å². The second-order valence-electron chi connectivity index (χ2n) is 5.98. The molecule has 0 unspecified atom stereocenters. The van der Waals surface area contributed by atoms with Crippen LogP contribution in [0.1, 0.15) is 52.9 Å². The molecule has 0 spiro atoms. The van der Waals surface area contributed by atoms with Crippen LogP contribution in [-0.4, -0.2) is 35.9 Å². The van der Waals surface area contributed by atoms with Crippen LogP contribution in [-0.2, 0) is 20.7 Å². The fourth-order valence-corrected chi connectivity index (χ4v) is 2.94. The number of aromatic amines is 1. The van der Waals surface area contributed by atoms with E-state index in [-0.39, 0.29) is 23.5 Å². The van der Waals surface area contributed by atoms with Gasteiger partial charge >= 0.3 is 11.9 Å². The van der Waals surface area contributed by atoms with E-state index in [1.807, 2.05) is 6.92 Å². The lowest BCUT2D eigenvalue weighted by Crippen LogP contribution is -2.36. The van der Waals surface area contributed by atoms with Crippen molar-refractivity contribution in [1.82, 2.24) is 4.98 Å². The van der Waals surface area contributed by atoms with E-state index in [1.165, 1.54) is 7.11 Å². The number of methoxy groups -OCH3 is 1. The first kappa shape index (κ1) is 16.3.